The lowest BCUT2D eigenvalue weighted by molar-refractivity contribution is 0.176. The summed E-state index contributed by atoms with van der Waals surface area (Å²) in [5.41, 5.74) is 1.22. The van der Waals surface area contributed by atoms with Crippen molar-refractivity contribution >= 4 is 53.0 Å². The quantitative estimate of drug-likeness (QED) is 0.333. The molecule has 5 nitrogen and oxygen atoms in total. The molecule has 2 heterocycles. The van der Waals surface area contributed by atoms with E-state index in [0.717, 1.165) is 49.6 Å². The van der Waals surface area contributed by atoms with Crippen LogP contribution < -0.4 is 10.6 Å². The van der Waals surface area contributed by atoms with Crippen molar-refractivity contribution in [3.8, 4) is 0 Å². The van der Waals surface area contributed by atoms with Gasteiger partial charge in [-0.1, -0.05) is 0 Å². The van der Waals surface area contributed by atoms with Crippen LogP contribution in [0.15, 0.2) is 10.4 Å². The summed E-state index contributed by atoms with van der Waals surface area (Å²) in [6.07, 6.45) is 4.63. The molecule has 0 unspecified atom stereocenters. The van der Waals surface area contributed by atoms with E-state index >= 15 is 0 Å². The molecule has 26 heavy (non-hydrogen) atoms. The molecule has 0 radical (unpaired) electrons. The van der Waals surface area contributed by atoms with Gasteiger partial charge in [0, 0.05) is 36.8 Å². The Kier molecular flexibility index (Phi) is 10.8. The Hall–Kier alpha value is -0.0600. The number of nitrogens with zero attached hydrogens (tertiary/aromatic N) is 3. The number of aromatic nitrogens is 1. The number of hydrogen-bond acceptors (Lipinski definition) is 5. The van der Waals surface area contributed by atoms with E-state index in [1.54, 1.807) is 11.3 Å². The third-order valence-corrected chi connectivity index (χ3v) is 6.85. The molecule has 1 fully saturated rings. The predicted molar refractivity (Wildman–Crippen MR) is 127 cm³/mol. The highest BCUT2D eigenvalue weighted by molar-refractivity contribution is 14.0. The summed E-state index contributed by atoms with van der Waals surface area (Å²) in [6, 6.07) is 0. The van der Waals surface area contributed by atoms with Gasteiger partial charge in [-0.3, -0.25) is 9.89 Å². The van der Waals surface area contributed by atoms with Gasteiger partial charge in [-0.05, 0) is 58.9 Å². The Balaban J connectivity index is 0.00000338. The van der Waals surface area contributed by atoms with Crippen molar-refractivity contribution in [2.75, 3.05) is 39.5 Å². The molecule has 1 aliphatic rings. The van der Waals surface area contributed by atoms with Crippen LogP contribution in [0.4, 0.5) is 0 Å². The maximum Gasteiger partial charge on any atom is 0.191 e. The molecular formula is C18H34IN5S2. The van der Waals surface area contributed by atoms with Gasteiger partial charge >= 0.3 is 0 Å². The van der Waals surface area contributed by atoms with Crippen LogP contribution in [0.2, 0.25) is 0 Å². The van der Waals surface area contributed by atoms with Crippen molar-refractivity contribution in [2.45, 2.75) is 44.9 Å². The lowest BCUT2D eigenvalue weighted by Gasteiger charge is -2.32. The van der Waals surface area contributed by atoms with Gasteiger partial charge in [0.25, 0.3) is 0 Å². The minimum Gasteiger partial charge on any atom is -0.356 e. The summed E-state index contributed by atoms with van der Waals surface area (Å²) in [5.74, 6) is 1.64. The normalized spacial score (nSPS) is 17.0. The van der Waals surface area contributed by atoms with Gasteiger partial charge in [0.2, 0.25) is 0 Å². The Morgan fingerprint density at radius 3 is 2.62 bits per heavy atom. The Bertz CT molecular complexity index is 554. The lowest BCUT2D eigenvalue weighted by Crippen LogP contribution is -2.46. The number of rotatable bonds is 7. The van der Waals surface area contributed by atoms with E-state index in [1.807, 2.05) is 18.8 Å². The number of piperidine rings is 1. The first-order chi connectivity index (χ1) is 11.9. The zero-order valence-corrected chi connectivity index (χ0v) is 20.6. The fourth-order valence-electron chi connectivity index (χ4n) is 2.89. The van der Waals surface area contributed by atoms with E-state index in [1.165, 1.54) is 18.5 Å². The van der Waals surface area contributed by atoms with Gasteiger partial charge < -0.3 is 10.6 Å². The minimum absolute atomic E-state index is 0. The number of halogens is 1. The third-order valence-electron chi connectivity index (χ3n) is 4.78. The summed E-state index contributed by atoms with van der Waals surface area (Å²) in [7, 11) is 1.85. The average molecular weight is 512 g/mol. The smallest absolute Gasteiger partial charge is 0.191 e. The topological polar surface area (TPSA) is 52.6 Å². The molecule has 150 valence electrons. The van der Waals surface area contributed by atoms with Gasteiger partial charge in [0.05, 0.1) is 10.7 Å². The number of likely N-dealkylation sites (tertiary alicyclic amines) is 1. The van der Waals surface area contributed by atoms with Crippen LogP contribution in [0.25, 0.3) is 0 Å². The van der Waals surface area contributed by atoms with E-state index in [9.17, 15) is 0 Å². The molecule has 0 aliphatic carbocycles. The van der Waals surface area contributed by atoms with E-state index < -0.39 is 0 Å². The highest BCUT2D eigenvalue weighted by Crippen LogP contribution is 2.20. The molecular weight excluding hydrogens is 477 g/mol. The second-order valence-electron chi connectivity index (χ2n) is 7.35. The molecule has 0 aromatic carbocycles. The van der Waals surface area contributed by atoms with Crippen LogP contribution in [0.5, 0.6) is 0 Å². The highest BCUT2D eigenvalue weighted by atomic mass is 127. The van der Waals surface area contributed by atoms with Gasteiger partial charge in [0.15, 0.2) is 5.96 Å². The molecule has 0 bridgehead atoms. The van der Waals surface area contributed by atoms with Crippen LogP contribution in [-0.4, -0.2) is 60.1 Å². The molecule has 2 rings (SSSR count). The fraction of sp³-hybridized carbons (Fsp3) is 0.778. The second-order valence-corrected chi connectivity index (χ2v) is 9.92. The number of nitrogens with one attached hydrogen (secondary N) is 2. The average Bonchev–Trinajstić information content (AvgIpc) is 3.01. The fourth-order valence-corrected chi connectivity index (χ4v) is 3.71. The van der Waals surface area contributed by atoms with Crippen LogP contribution in [0.3, 0.4) is 0 Å². The SMILES string of the molecule is CN=C(NCC1CCN(Cc2csc(C)n2)CC1)NCC(C)(C)SC.I. The van der Waals surface area contributed by atoms with Crippen LogP contribution in [0.1, 0.15) is 37.4 Å². The van der Waals surface area contributed by atoms with Crippen molar-refractivity contribution in [3.05, 3.63) is 16.1 Å². The van der Waals surface area contributed by atoms with Crippen LogP contribution >= 0.6 is 47.1 Å². The van der Waals surface area contributed by atoms with Crippen LogP contribution in [-0.2, 0) is 6.54 Å². The van der Waals surface area contributed by atoms with Crippen molar-refractivity contribution in [1.29, 1.82) is 0 Å². The van der Waals surface area contributed by atoms with Crippen molar-refractivity contribution < 1.29 is 0 Å². The van der Waals surface area contributed by atoms with E-state index in [0.29, 0.717) is 0 Å². The molecule has 2 N–H and O–H groups in total. The summed E-state index contributed by atoms with van der Waals surface area (Å²) in [6.45, 7) is 11.8. The van der Waals surface area contributed by atoms with Crippen molar-refractivity contribution in [2.24, 2.45) is 10.9 Å². The first kappa shape index (κ1) is 24.0. The maximum atomic E-state index is 4.58. The van der Waals surface area contributed by atoms with E-state index in [-0.39, 0.29) is 28.7 Å². The van der Waals surface area contributed by atoms with Gasteiger partial charge in [-0.15, -0.1) is 35.3 Å². The molecule has 1 aliphatic heterocycles. The molecule has 0 spiro atoms. The number of thiazole rings is 1. The summed E-state index contributed by atoms with van der Waals surface area (Å²) < 4.78 is 0.219. The maximum absolute atomic E-state index is 4.58. The zero-order valence-electron chi connectivity index (χ0n) is 16.7. The molecule has 1 aromatic rings. The van der Waals surface area contributed by atoms with Gasteiger partial charge in [-0.25, -0.2) is 4.98 Å². The minimum atomic E-state index is 0. The standard InChI is InChI=1S/C18H33N5S2.HI/c1-14-22-16(12-25-14)11-23-8-6-15(7-9-23)10-20-17(19-4)21-13-18(2,3)24-5;/h12,15H,6-11,13H2,1-5H3,(H2,19,20,21);1H. The monoisotopic (exact) mass is 511 g/mol. The predicted octanol–water partition coefficient (Wildman–Crippen LogP) is 3.59. The Morgan fingerprint density at radius 2 is 2.08 bits per heavy atom. The summed E-state index contributed by atoms with van der Waals surface area (Å²) in [5, 5.41) is 10.3. The summed E-state index contributed by atoms with van der Waals surface area (Å²) in [4.78, 5) is 11.5. The largest absolute Gasteiger partial charge is 0.356 e. The van der Waals surface area contributed by atoms with Crippen molar-refractivity contribution in [3.63, 3.8) is 0 Å². The number of aliphatic imine (C=N–C) groups is 1. The third kappa shape index (κ3) is 8.31. The molecule has 0 amide bonds. The number of guanidine groups is 1. The molecule has 8 heteroatoms. The zero-order chi connectivity index (χ0) is 18.3. The van der Waals surface area contributed by atoms with Gasteiger partial charge in [-0.2, -0.15) is 11.8 Å². The first-order valence-electron chi connectivity index (χ1n) is 9.05. The number of hydrogen-bond donors (Lipinski definition) is 2. The van der Waals surface area contributed by atoms with E-state index in [2.05, 4.69) is 57.9 Å². The van der Waals surface area contributed by atoms with Crippen LogP contribution in [0, 0.1) is 12.8 Å². The Morgan fingerprint density at radius 1 is 1.38 bits per heavy atom. The van der Waals surface area contributed by atoms with Gasteiger partial charge in [0.1, 0.15) is 0 Å². The summed E-state index contributed by atoms with van der Waals surface area (Å²) >= 11 is 3.62. The second kappa shape index (κ2) is 11.7. The molecule has 0 atom stereocenters. The number of thioether (sulfide) groups is 1. The van der Waals surface area contributed by atoms with E-state index in [4.69, 9.17) is 0 Å². The Labute approximate surface area is 184 Å². The number of aryl methyl sites for hydroxylation is 1. The first-order valence-corrected chi connectivity index (χ1v) is 11.2. The highest BCUT2D eigenvalue weighted by Gasteiger charge is 2.21. The lowest BCUT2D eigenvalue weighted by atomic mass is 9.97. The molecule has 1 saturated heterocycles. The molecule has 1 aromatic heterocycles. The molecule has 0 saturated carbocycles. The van der Waals surface area contributed by atoms with Crippen molar-refractivity contribution in [1.82, 2.24) is 20.5 Å².